The van der Waals surface area contributed by atoms with Gasteiger partial charge in [-0.3, -0.25) is 0 Å². The van der Waals surface area contributed by atoms with E-state index in [-0.39, 0.29) is 0 Å². The molecule has 0 saturated carbocycles. The van der Waals surface area contributed by atoms with Gasteiger partial charge in [0.1, 0.15) is 6.61 Å². The van der Waals surface area contributed by atoms with Gasteiger partial charge in [-0.15, -0.1) is 0 Å². The van der Waals surface area contributed by atoms with Gasteiger partial charge in [0, 0.05) is 12.2 Å². The predicted molar refractivity (Wildman–Crippen MR) is 129 cm³/mol. The van der Waals surface area contributed by atoms with Gasteiger partial charge in [-0.2, -0.15) is 0 Å². The molecule has 3 aromatic carbocycles. The van der Waals surface area contributed by atoms with E-state index in [2.05, 4.69) is 103 Å². The molecule has 152 valence electrons. The molecule has 0 amide bonds. The van der Waals surface area contributed by atoms with Crippen LogP contribution in [0.1, 0.15) is 34.7 Å². The van der Waals surface area contributed by atoms with Crippen LogP contribution in [0.5, 0.6) is 11.5 Å². The van der Waals surface area contributed by atoms with Crippen LogP contribution in [-0.2, 0) is 13.2 Å². The first-order valence-electron chi connectivity index (χ1n) is 9.91. The van der Waals surface area contributed by atoms with Gasteiger partial charge in [0.15, 0.2) is 11.5 Å². The fourth-order valence-electron chi connectivity index (χ4n) is 3.09. The highest BCUT2D eigenvalue weighted by atomic mass is 127. The first kappa shape index (κ1) is 21.5. The Labute approximate surface area is 187 Å². The molecule has 0 aromatic heterocycles. The van der Waals surface area contributed by atoms with Gasteiger partial charge in [-0.25, -0.2) is 0 Å². The number of hydrogen-bond donors (Lipinski definition) is 1. The number of aryl methyl sites for hydroxylation is 3. The molecular weight excluding hydrogens is 473 g/mol. The Bertz CT molecular complexity index is 967. The first-order chi connectivity index (χ1) is 14.0. The standard InChI is InChI=1S/C25H28INO2/c1-5-28-24-14-21(15-27-23-12-18(3)6-9-19(23)4)13-22(26)25(24)29-16-20-10-7-17(2)8-11-20/h6-14,27H,5,15-16H2,1-4H3. The number of benzene rings is 3. The summed E-state index contributed by atoms with van der Waals surface area (Å²) < 4.78 is 13.1. The minimum Gasteiger partial charge on any atom is -0.490 e. The van der Waals surface area contributed by atoms with Crippen molar-refractivity contribution in [2.45, 2.75) is 40.8 Å². The van der Waals surface area contributed by atoms with Gasteiger partial charge in [0.25, 0.3) is 0 Å². The lowest BCUT2D eigenvalue weighted by Crippen LogP contribution is -2.05. The molecule has 0 aliphatic carbocycles. The zero-order chi connectivity index (χ0) is 20.8. The highest BCUT2D eigenvalue weighted by Gasteiger charge is 2.13. The van der Waals surface area contributed by atoms with E-state index in [1.54, 1.807) is 0 Å². The highest BCUT2D eigenvalue weighted by Crippen LogP contribution is 2.35. The van der Waals surface area contributed by atoms with Crippen molar-refractivity contribution in [3.63, 3.8) is 0 Å². The zero-order valence-electron chi connectivity index (χ0n) is 17.5. The zero-order valence-corrected chi connectivity index (χ0v) is 19.7. The second-order valence-electron chi connectivity index (χ2n) is 7.28. The summed E-state index contributed by atoms with van der Waals surface area (Å²) in [6.45, 7) is 10.2. The molecule has 1 N–H and O–H groups in total. The van der Waals surface area contributed by atoms with E-state index in [4.69, 9.17) is 9.47 Å². The lowest BCUT2D eigenvalue weighted by molar-refractivity contribution is 0.267. The molecule has 0 saturated heterocycles. The third-order valence-electron chi connectivity index (χ3n) is 4.75. The van der Waals surface area contributed by atoms with E-state index in [1.807, 2.05) is 6.92 Å². The quantitative estimate of drug-likeness (QED) is 0.344. The maximum absolute atomic E-state index is 6.15. The summed E-state index contributed by atoms with van der Waals surface area (Å²) in [6, 6.07) is 19.1. The van der Waals surface area contributed by atoms with Gasteiger partial charge in [0.05, 0.1) is 10.2 Å². The van der Waals surface area contributed by atoms with Crippen molar-refractivity contribution >= 4 is 28.3 Å². The molecule has 3 nitrogen and oxygen atoms in total. The van der Waals surface area contributed by atoms with Crippen LogP contribution in [0.15, 0.2) is 54.6 Å². The second-order valence-corrected chi connectivity index (χ2v) is 8.45. The van der Waals surface area contributed by atoms with E-state index in [0.717, 1.165) is 32.9 Å². The lowest BCUT2D eigenvalue weighted by Gasteiger charge is -2.17. The lowest BCUT2D eigenvalue weighted by atomic mass is 10.1. The van der Waals surface area contributed by atoms with Crippen molar-refractivity contribution in [2.75, 3.05) is 11.9 Å². The van der Waals surface area contributed by atoms with Crippen molar-refractivity contribution in [2.24, 2.45) is 0 Å². The largest absolute Gasteiger partial charge is 0.490 e. The summed E-state index contributed by atoms with van der Waals surface area (Å²) in [7, 11) is 0. The van der Waals surface area contributed by atoms with Crippen LogP contribution in [0.3, 0.4) is 0 Å². The molecule has 0 bridgehead atoms. The third kappa shape index (κ3) is 5.89. The van der Waals surface area contributed by atoms with E-state index < -0.39 is 0 Å². The minimum atomic E-state index is 0.524. The molecule has 0 unspecified atom stereocenters. The van der Waals surface area contributed by atoms with Crippen molar-refractivity contribution in [1.29, 1.82) is 0 Å². The summed E-state index contributed by atoms with van der Waals surface area (Å²) >= 11 is 2.33. The number of nitrogens with one attached hydrogen (secondary N) is 1. The Morgan fingerprint density at radius 3 is 2.28 bits per heavy atom. The second kappa shape index (κ2) is 10.0. The van der Waals surface area contributed by atoms with E-state index in [0.29, 0.717) is 13.2 Å². The van der Waals surface area contributed by atoms with Gasteiger partial charge in [-0.05, 0) is 90.7 Å². The summed E-state index contributed by atoms with van der Waals surface area (Å²) in [5, 5.41) is 3.55. The smallest absolute Gasteiger partial charge is 0.174 e. The fourth-order valence-corrected chi connectivity index (χ4v) is 3.91. The maximum Gasteiger partial charge on any atom is 0.174 e. The molecule has 0 atom stereocenters. The van der Waals surface area contributed by atoms with Crippen LogP contribution in [0.4, 0.5) is 5.69 Å². The predicted octanol–water partition coefficient (Wildman–Crippen LogP) is 6.81. The number of ether oxygens (including phenoxy) is 2. The topological polar surface area (TPSA) is 30.5 Å². The van der Waals surface area contributed by atoms with Crippen LogP contribution >= 0.6 is 22.6 Å². The molecule has 0 aliphatic heterocycles. The summed E-state index contributed by atoms with van der Waals surface area (Å²) in [6.07, 6.45) is 0. The van der Waals surface area contributed by atoms with Crippen molar-refractivity contribution in [3.05, 3.63) is 86.0 Å². The molecule has 0 aliphatic rings. The van der Waals surface area contributed by atoms with E-state index in [9.17, 15) is 0 Å². The molecular formula is C25H28INO2. The van der Waals surface area contributed by atoms with Crippen molar-refractivity contribution in [3.8, 4) is 11.5 Å². The Morgan fingerprint density at radius 1 is 0.828 bits per heavy atom. The average Bonchev–Trinajstić information content (AvgIpc) is 2.69. The summed E-state index contributed by atoms with van der Waals surface area (Å²) in [4.78, 5) is 0. The normalized spacial score (nSPS) is 10.7. The molecule has 0 spiro atoms. The number of anilines is 1. The molecule has 0 fully saturated rings. The Hall–Kier alpha value is -2.21. The van der Waals surface area contributed by atoms with Crippen molar-refractivity contribution < 1.29 is 9.47 Å². The van der Waals surface area contributed by atoms with E-state index in [1.165, 1.54) is 22.3 Å². The van der Waals surface area contributed by atoms with Gasteiger partial charge >= 0.3 is 0 Å². The SMILES string of the molecule is CCOc1cc(CNc2cc(C)ccc2C)cc(I)c1OCc1ccc(C)cc1. The summed E-state index contributed by atoms with van der Waals surface area (Å²) in [5.74, 6) is 1.60. The van der Waals surface area contributed by atoms with Crippen molar-refractivity contribution in [1.82, 2.24) is 0 Å². The fraction of sp³-hybridized carbons (Fsp3) is 0.280. The number of halogens is 1. The minimum absolute atomic E-state index is 0.524. The Balaban J connectivity index is 1.76. The third-order valence-corrected chi connectivity index (χ3v) is 5.55. The summed E-state index contributed by atoms with van der Waals surface area (Å²) in [5.41, 5.74) is 7.23. The molecule has 29 heavy (non-hydrogen) atoms. The highest BCUT2D eigenvalue weighted by molar-refractivity contribution is 14.1. The van der Waals surface area contributed by atoms with E-state index >= 15 is 0 Å². The molecule has 4 heteroatoms. The molecule has 3 rings (SSSR count). The van der Waals surface area contributed by atoms with Crippen LogP contribution in [-0.4, -0.2) is 6.61 Å². The van der Waals surface area contributed by atoms with Crippen LogP contribution in [0.2, 0.25) is 0 Å². The van der Waals surface area contributed by atoms with Gasteiger partial charge < -0.3 is 14.8 Å². The number of hydrogen-bond acceptors (Lipinski definition) is 3. The van der Waals surface area contributed by atoms with Gasteiger partial charge in [0.2, 0.25) is 0 Å². The molecule has 0 radical (unpaired) electrons. The van der Waals surface area contributed by atoms with Crippen LogP contribution in [0, 0.1) is 24.3 Å². The van der Waals surface area contributed by atoms with Crippen LogP contribution < -0.4 is 14.8 Å². The Morgan fingerprint density at radius 2 is 1.55 bits per heavy atom. The average molecular weight is 501 g/mol. The monoisotopic (exact) mass is 501 g/mol. The molecule has 3 aromatic rings. The number of rotatable bonds is 8. The molecule has 0 heterocycles. The van der Waals surface area contributed by atoms with Gasteiger partial charge in [-0.1, -0.05) is 42.0 Å². The Kier molecular flexibility index (Phi) is 7.42. The first-order valence-corrected chi connectivity index (χ1v) is 11.0. The van der Waals surface area contributed by atoms with Crippen LogP contribution in [0.25, 0.3) is 0 Å². The maximum atomic E-state index is 6.15.